The van der Waals surface area contributed by atoms with Crippen molar-refractivity contribution in [3.63, 3.8) is 0 Å². The van der Waals surface area contributed by atoms with Crippen LogP contribution in [0.1, 0.15) is 44.1 Å². The Morgan fingerprint density at radius 2 is 1.81 bits per heavy atom. The van der Waals surface area contributed by atoms with Gasteiger partial charge in [0.1, 0.15) is 0 Å². The molecule has 2 heteroatoms. The van der Waals surface area contributed by atoms with Gasteiger partial charge in [-0.3, -0.25) is 0 Å². The molecule has 0 spiro atoms. The highest BCUT2D eigenvalue weighted by atomic mass is 16.5. The molecule has 1 aliphatic rings. The zero-order valence-electron chi connectivity index (χ0n) is 13.5. The smallest absolute Gasteiger partial charge is 0.0587 e. The quantitative estimate of drug-likeness (QED) is 0.576. The minimum Gasteiger partial charge on any atom is -0.383 e. The van der Waals surface area contributed by atoms with Gasteiger partial charge >= 0.3 is 0 Å². The van der Waals surface area contributed by atoms with Crippen LogP contribution in [0.3, 0.4) is 0 Å². The lowest BCUT2D eigenvalue weighted by Crippen LogP contribution is -2.31. The standard InChI is InChI=1S/C19H31NO/c1-21-14-13-20-16-19(15-17-9-5-4-6-10-17)18-11-7-2-3-8-12-18/h4-6,9-10,18-20H,2-3,7-8,11-16H2,1H3. The second-order valence-corrected chi connectivity index (χ2v) is 6.40. The van der Waals surface area contributed by atoms with Crippen LogP contribution in [0, 0.1) is 11.8 Å². The van der Waals surface area contributed by atoms with Gasteiger partial charge in [0.05, 0.1) is 6.61 Å². The molecule has 0 amide bonds. The Labute approximate surface area is 130 Å². The van der Waals surface area contributed by atoms with Crippen molar-refractivity contribution < 1.29 is 4.74 Å². The molecule has 1 aliphatic carbocycles. The Kier molecular flexibility index (Phi) is 7.83. The second-order valence-electron chi connectivity index (χ2n) is 6.40. The van der Waals surface area contributed by atoms with E-state index in [9.17, 15) is 0 Å². The lowest BCUT2D eigenvalue weighted by molar-refractivity contribution is 0.193. The summed E-state index contributed by atoms with van der Waals surface area (Å²) >= 11 is 0. The highest BCUT2D eigenvalue weighted by Gasteiger charge is 2.22. The molecule has 0 radical (unpaired) electrons. The fourth-order valence-electron chi connectivity index (χ4n) is 3.57. The van der Waals surface area contributed by atoms with E-state index in [1.54, 1.807) is 7.11 Å². The summed E-state index contributed by atoms with van der Waals surface area (Å²) in [6.07, 6.45) is 9.78. The molecular formula is C19H31NO. The number of benzene rings is 1. The van der Waals surface area contributed by atoms with Gasteiger partial charge in [-0.15, -0.1) is 0 Å². The Morgan fingerprint density at radius 1 is 1.10 bits per heavy atom. The van der Waals surface area contributed by atoms with E-state index in [0.717, 1.165) is 31.5 Å². The minimum absolute atomic E-state index is 0.766. The molecule has 1 unspecified atom stereocenters. The van der Waals surface area contributed by atoms with Gasteiger partial charge in [0.2, 0.25) is 0 Å². The molecule has 118 valence electrons. The van der Waals surface area contributed by atoms with Gasteiger partial charge in [0, 0.05) is 13.7 Å². The first-order valence-corrected chi connectivity index (χ1v) is 8.63. The number of methoxy groups -OCH3 is 1. The zero-order valence-corrected chi connectivity index (χ0v) is 13.5. The van der Waals surface area contributed by atoms with Crippen molar-refractivity contribution in [2.24, 2.45) is 11.8 Å². The molecule has 2 nitrogen and oxygen atoms in total. The fourth-order valence-corrected chi connectivity index (χ4v) is 3.57. The Bertz CT molecular complexity index is 357. The van der Waals surface area contributed by atoms with E-state index < -0.39 is 0 Å². The zero-order chi connectivity index (χ0) is 14.8. The van der Waals surface area contributed by atoms with Gasteiger partial charge in [0.25, 0.3) is 0 Å². The monoisotopic (exact) mass is 289 g/mol. The van der Waals surface area contributed by atoms with Gasteiger partial charge in [-0.1, -0.05) is 68.9 Å². The summed E-state index contributed by atoms with van der Waals surface area (Å²) in [5.41, 5.74) is 1.49. The highest BCUT2D eigenvalue weighted by Crippen LogP contribution is 2.30. The van der Waals surface area contributed by atoms with Gasteiger partial charge in [-0.25, -0.2) is 0 Å². The van der Waals surface area contributed by atoms with Crippen LogP contribution < -0.4 is 5.32 Å². The average Bonchev–Trinajstić information content (AvgIpc) is 2.80. The number of hydrogen-bond acceptors (Lipinski definition) is 2. The number of ether oxygens (including phenoxy) is 1. The summed E-state index contributed by atoms with van der Waals surface area (Å²) in [7, 11) is 1.77. The summed E-state index contributed by atoms with van der Waals surface area (Å²) in [6.45, 7) is 2.90. The molecule has 1 aromatic rings. The van der Waals surface area contributed by atoms with E-state index in [1.165, 1.54) is 50.5 Å². The molecule has 21 heavy (non-hydrogen) atoms. The molecule has 1 fully saturated rings. The fraction of sp³-hybridized carbons (Fsp3) is 0.684. The first-order valence-electron chi connectivity index (χ1n) is 8.63. The van der Waals surface area contributed by atoms with Crippen molar-refractivity contribution >= 4 is 0 Å². The predicted octanol–water partition coefficient (Wildman–Crippen LogP) is 4.05. The van der Waals surface area contributed by atoms with Crippen LogP contribution in [-0.2, 0) is 11.2 Å². The van der Waals surface area contributed by atoms with E-state index >= 15 is 0 Å². The van der Waals surface area contributed by atoms with Crippen LogP contribution in [0.4, 0.5) is 0 Å². The minimum atomic E-state index is 0.766. The normalized spacial score (nSPS) is 18.3. The van der Waals surface area contributed by atoms with E-state index in [4.69, 9.17) is 4.74 Å². The average molecular weight is 289 g/mol. The maximum Gasteiger partial charge on any atom is 0.0587 e. The van der Waals surface area contributed by atoms with Crippen LogP contribution >= 0.6 is 0 Å². The molecule has 0 heterocycles. The van der Waals surface area contributed by atoms with Crippen LogP contribution in [0.5, 0.6) is 0 Å². The molecule has 0 bridgehead atoms. The van der Waals surface area contributed by atoms with Gasteiger partial charge in [-0.2, -0.15) is 0 Å². The molecule has 0 saturated heterocycles. The summed E-state index contributed by atoms with van der Waals surface area (Å²) in [6, 6.07) is 11.0. The molecule has 0 aliphatic heterocycles. The van der Waals surface area contributed by atoms with Crippen molar-refractivity contribution in [3.8, 4) is 0 Å². The van der Waals surface area contributed by atoms with Crippen molar-refractivity contribution in [3.05, 3.63) is 35.9 Å². The highest BCUT2D eigenvalue weighted by molar-refractivity contribution is 5.15. The van der Waals surface area contributed by atoms with Gasteiger partial charge < -0.3 is 10.1 Å². The second kappa shape index (κ2) is 9.97. The first-order chi connectivity index (χ1) is 10.4. The molecule has 1 N–H and O–H groups in total. The maximum atomic E-state index is 5.14. The first kappa shape index (κ1) is 16.5. The molecule has 1 aromatic carbocycles. The maximum absolute atomic E-state index is 5.14. The van der Waals surface area contributed by atoms with Gasteiger partial charge in [-0.05, 0) is 30.4 Å². The van der Waals surface area contributed by atoms with Crippen molar-refractivity contribution in [1.82, 2.24) is 5.32 Å². The van der Waals surface area contributed by atoms with Crippen LogP contribution in [0.15, 0.2) is 30.3 Å². The van der Waals surface area contributed by atoms with E-state index in [2.05, 4.69) is 35.6 Å². The van der Waals surface area contributed by atoms with Crippen molar-refractivity contribution in [2.45, 2.75) is 44.9 Å². The summed E-state index contributed by atoms with van der Waals surface area (Å²) in [5, 5.41) is 3.60. The number of hydrogen-bond donors (Lipinski definition) is 1. The number of nitrogens with one attached hydrogen (secondary N) is 1. The topological polar surface area (TPSA) is 21.3 Å². The van der Waals surface area contributed by atoms with Gasteiger partial charge in [0.15, 0.2) is 0 Å². The number of rotatable bonds is 8. The molecule has 1 atom stereocenters. The Morgan fingerprint density at radius 3 is 2.48 bits per heavy atom. The third-order valence-electron chi connectivity index (χ3n) is 4.80. The SMILES string of the molecule is COCCNCC(Cc1ccccc1)C1CCCCCC1. The van der Waals surface area contributed by atoms with Crippen LogP contribution in [0.2, 0.25) is 0 Å². The van der Waals surface area contributed by atoms with E-state index in [0.29, 0.717) is 0 Å². The molecule has 0 aromatic heterocycles. The largest absolute Gasteiger partial charge is 0.383 e. The third kappa shape index (κ3) is 6.19. The van der Waals surface area contributed by atoms with Crippen LogP contribution in [-0.4, -0.2) is 26.8 Å². The molecule has 1 saturated carbocycles. The third-order valence-corrected chi connectivity index (χ3v) is 4.80. The Balaban J connectivity index is 1.91. The molecular weight excluding hydrogens is 258 g/mol. The van der Waals surface area contributed by atoms with Crippen molar-refractivity contribution in [2.75, 3.05) is 26.8 Å². The van der Waals surface area contributed by atoms with E-state index in [-0.39, 0.29) is 0 Å². The summed E-state index contributed by atoms with van der Waals surface area (Å²) in [5.74, 6) is 1.66. The predicted molar refractivity (Wildman–Crippen MR) is 89.6 cm³/mol. The van der Waals surface area contributed by atoms with Crippen LogP contribution in [0.25, 0.3) is 0 Å². The molecule has 2 rings (SSSR count). The Hall–Kier alpha value is -0.860. The van der Waals surface area contributed by atoms with Crippen molar-refractivity contribution in [1.29, 1.82) is 0 Å². The lowest BCUT2D eigenvalue weighted by Gasteiger charge is -2.27. The summed E-state index contributed by atoms with van der Waals surface area (Å²) in [4.78, 5) is 0. The lowest BCUT2D eigenvalue weighted by atomic mass is 9.82. The van der Waals surface area contributed by atoms with E-state index in [1.807, 2.05) is 0 Å². The summed E-state index contributed by atoms with van der Waals surface area (Å²) < 4.78 is 5.14.